The maximum atomic E-state index is 12.5. The minimum atomic E-state index is -0.778. The van der Waals surface area contributed by atoms with Gasteiger partial charge in [-0.3, -0.25) is 4.79 Å². The number of rotatable bonds is 2. The molecule has 0 radical (unpaired) electrons. The van der Waals surface area contributed by atoms with Gasteiger partial charge in [-0.1, -0.05) is 4.68 Å². The molecule has 3 aromatic heterocycles. The van der Waals surface area contributed by atoms with Crippen molar-refractivity contribution in [3.8, 4) is 5.95 Å². The Kier molecular flexibility index (Phi) is 2.91. The molecule has 0 spiro atoms. The van der Waals surface area contributed by atoms with Crippen molar-refractivity contribution in [3.05, 3.63) is 27.9 Å². The first-order valence-corrected chi connectivity index (χ1v) is 6.95. The molecular formula is C13H12N4O3S. The van der Waals surface area contributed by atoms with Crippen LogP contribution in [0.3, 0.4) is 0 Å². The van der Waals surface area contributed by atoms with Crippen molar-refractivity contribution in [2.75, 3.05) is 5.73 Å². The van der Waals surface area contributed by atoms with Crippen LogP contribution in [-0.2, 0) is 7.05 Å². The van der Waals surface area contributed by atoms with E-state index in [4.69, 9.17) is 5.73 Å². The van der Waals surface area contributed by atoms with Crippen LogP contribution in [-0.4, -0.2) is 16.0 Å². The molecule has 0 aliphatic carbocycles. The van der Waals surface area contributed by atoms with Crippen LogP contribution in [0.2, 0.25) is 0 Å². The Morgan fingerprint density at radius 2 is 2.19 bits per heavy atom. The summed E-state index contributed by atoms with van der Waals surface area (Å²) in [5, 5.41) is 15.8. The first kappa shape index (κ1) is 13.5. The van der Waals surface area contributed by atoms with E-state index >= 15 is 0 Å². The lowest BCUT2D eigenvalue weighted by Gasteiger charge is -1.99. The number of aryl methyl sites for hydroxylation is 3. The number of thiophene rings is 1. The maximum Gasteiger partial charge on any atom is 0.305 e. The molecule has 0 atom stereocenters. The van der Waals surface area contributed by atoms with Gasteiger partial charge in [0.05, 0.1) is 11.0 Å². The Hall–Kier alpha value is -2.48. The Morgan fingerprint density at radius 3 is 2.81 bits per heavy atom. The van der Waals surface area contributed by atoms with Crippen molar-refractivity contribution in [1.82, 2.24) is 10.3 Å². The van der Waals surface area contributed by atoms with E-state index in [2.05, 4.69) is 14.8 Å². The molecule has 0 saturated heterocycles. The summed E-state index contributed by atoms with van der Waals surface area (Å²) in [7, 11) is 1.47. The number of carbonyl (C=O) groups excluding carboxylic acids is 1. The molecule has 0 aliphatic heterocycles. The highest BCUT2D eigenvalue weighted by Gasteiger charge is 2.29. The number of anilines is 1. The minimum absolute atomic E-state index is 0.150. The highest BCUT2D eigenvalue weighted by molar-refractivity contribution is 7.21. The molecule has 0 saturated carbocycles. The number of carbonyl (C=O) groups is 1. The summed E-state index contributed by atoms with van der Waals surface area (Å²) in [6, 6.07) is 1.90. The SMILES string of the molecule is Cc1cc(C)c2c(N)c(C(=O)c3c([O-])on[n+]3C)sc2n1. The number of nitrogen functional groups attached to an aromatic ring is 1. The molecule has 0 amide bonds. The molecule has 0 fully saturated rings. The molecule has 3 rings (SSSR count). The van der Waals surface area contributed by atoms with Crippen LogP contribution in [0.25, 0.3) is 10.2 Å². The summed E-state index contributed by atoms with van der Waals surface area (Å²) in [5.74, 6) is -1.28. The fourth-order valence-electron chi connectivity index (χ4n) is 2.30. The van der Waals surface area contributed by atoms with Gasteiger partial charge in [0.1, 0.15) is 9.71 Å². The third-order valence-corrected chi connectivity index (χ3v) is 4.31. The van der Waals surface area contributed by atoms with Crippen molar-refractivity contribution >= 4 is 33.0 Å². The Morgan fingerprint density at radius 1 is 1.48 bits per heavy atom. The first-order valence-electron chi connectivity index (χ1n) is 6.14. The molecule has 0 aromatic carbocycles. The minimum Gasteiger partial charge on any atom is -0.539 e. The van der Waals surface area contributed by atoms with E-state index in [-0.39, 0.29) is 10.6 Å². The lowest BCUT2D eigenvalue weighted by Crippen LogP contribution is -2.37. The summed E-state index contributed by atoms with van der Waals surface area (Å²) >= 11 is 1.17. The third kappa shape index (κ3) is 1.95. The van der Waals surface area contributed by atoms with Gasteiger partial charge in [-0.05, 0) is 25.5 Å². The van der Waals surface area contributed by atoms with Crippen molar-refractivity contribution in [3.63, 3.8) is 0 Å². The number of aromatic nitrogens is 3. The number of nitrogens with zero attached hydrogens (tertiary/aromatic N) is 3. The van der Waals surface area contributed by atoms with Crippen molar-refractivity contribution in [2.24, 2.45) is 7.05 Å². The Labute approximate surface area is 123 Å². The second kappa shape index (κ2) is 4.52. The fourth-order valence-corrected chi connectivity index (χ4v) is 3.46. The van der Waals surface area contributed by atoms with Crippen LogP contribution >= 0.6 is 11.3 Å². The van der Waals surface area contributed by atoms with Gasteiger partial charge in [0.25, 0.3) is 5.78 Å². The smallest absolute Gasteiger partial charge is 0.305 e. The van der Waals surface area contributed by atoms with Gasteiger partial charge in [-0.2, -0.15) is 0 Å². The molecular weight excluding hydrogens is 292 g/mol. The lowest BCUT2D eigenvalue weighted by molar-refractivity contribution is -0.741. The predicted molar refractivity (Wildman–Crippen MR) is 74.1 cm³/mol. The van der Waals surface area contributed by atoms with E-state index in [9.17, 15) is 9.90 Å². The standard InChI is InChI=1S/C13H12N4O3S/c1-5-4-6(2)15-12-7(5)8(14)11(21-12)10(18)9-13(19)20-16-17(9)3/h4H,1-3H3,(H2-,14,16,18,19). The maximum absolute atomic E-state index is 12.5. The number of hydrogen-bond donors (Lipinski definition) is 1. The second-order valence-electron chi connectivity index (χ2n) is 4.77. The van der Waals surface area contributed by atoms with Gasteiger partial charge < -0.3 is 15.4 Å². The average molecular weight is 304 g/mol. The first-order chi connectivity index (χ1) is 9.90. The van der Waals surface area contributed by atoms with Gasteiger partial charge in [-0.15, -0.1) is 11.3 Å². The number of nitrogens with two attached hydrogens (primary N) is 1. The van der Waals surface area contributed by atoms with E-state index in [1.807, 2.05) is 19.9 Å². The van der Waals surface area contributed by atoms with Crippen LogP contribution in [0.4, 0.5) is 5.69 Å². The van der Waals surface area contributed by atoms with E-state index < -0.39 is 11.7 Å². The van der Waals surface area contributed by atoms with E-state index in [1.165, 1.54) is 18.4 Å². The summed E-state index contributed by atoms with van der Waals surface area (Å²) in [6.07, 6.45) is 0. The summed E-state index contributed by atoms with van der Waals surface area (Å²) in [4.78, 5) is 17.9. The zero-order valence-corrected chi connectivity index (χ0v) is 12.4. The molecule has 3 aromatic rings. The van der Waals surface area contributed by atoms with Crippen LogP contribution in [0.5, 0.6) is 5.95 Å². The van der Waals surface area contributed by atoms with Gasteiger partial charge in [0.15, 0.2) is 13.0 Å². The van der Waals surface area contributed by atoms with Crippen LogP contribution < -0.4 is 15.5 Å². The van der Waals surface area contributed by atoms with Crippen molar-refractivity contribution in [2.45, 2.75) is 13.8 Å². The molecule has 3 heterocycles. The zero-order valence-electron chi connectivity index (χ0n) is 11.6. The predicted octanol–water partition coefficient (Wildman–Crippen LogP) is 0.612. The molecule has 2 N–H and O–H groups in total. The van der Waals surface area contributed by atoms with Crippen LogP contribution in [0.15, 0.2) is 10.6 Å². The molecule has 108 valence electrons. The topological polar surface area (TPSA) is 109 Å². The molecule has 0 unspecified atom stereocenters. The highest BCUT2D eigenvalue weighted by atomic mass is 32.1. The molecule has 21 heavy (non-hydrogen) atoms. The van der Waals surface area contributed by atoms with Gasteiger partial charge in [0.2, 0.25) is 0 Å². The Balaban J connectivity index is 2.24. The van der Waals surface area contributed by atoms with E-state index in [0.717, 1.165) is 21.3 Å². The second-order valence-corrected chi connectivity index (χ2v) is 5.77. The van der Waals surface area contributed by atoms with E-state index in [0.29, 0.717) is 10.5 Å². The molecule has 7 nitrogen and oxygen atoms in total. The Bertz CT molecular complexity index is 862. The van der Waals surface area contributed by atoms with Crippen LogP contribution in [0, 0.1) is 13.8 Å². The number of pyridine rings is 1. The van der Waals surface area contributed by atoms with E-state index in [1.54, 1.807) is 0 Å². The van der Waals surface area contributed by atoms with Crippen LogP contribution in [0.1, 0.15) is 26.6 Å². The number of ketones is 1. The number of hydrogen-bond acceptors (Lipinski definition) is 7. The third-order valence-electron chi connectivity index (χ3n) is 3.21. The summed E-state index contributed by atoms with van der Waals surface area (Å²) in [6.45, 7) is 3.78. The van der Waals surface area contributed by atoms with Gasteiger partial charge in [0, 0.05) is 11.1 Å². The lowest BCUT2D eigenvalue weighted by atomic mass is 10.1. The fraction of sp³-hybridized carbons (Fsp3) is 0.231. The number of fused-ring (bicyclic) bond motifs is 1. The average Bonchev–Trinajstić information content (AvgIpc) is 2.90. The van der Waals surface area contributed by atoms with Gasteiger partial charge in [-0.25, -0.2) is 4.98 Å². The zero-order chi connectivity index (χ0) is 15.3. The molecule has 8 heteroatoms. The highest BCUT2D eigenvalue weighted by Crippen LogP contribution is 2.36. The van der Waals surface area contributed by atoms with Crippen molar-refractivity contribution in [1.29, 1.82) is 0 Å². The molecule has 0 bridgehead atoms. The quantitative estimate of drug-likeness (QED) is 0.549. The summed E-state index contributed by atoms with van der Waals surface area (Å²) < 4.78 is 5.59. The molecule has 0 aliphatic rings. The summed E-state index contributed by atoms with van der Waals surface area (Å²) in [5.41, 5.74) is 8.07. The van der Waals surface area contributed by atoms with Gasteiger partial charge >= 0.3 is 5.69 Å². The van der Waals surface area contributed by atoms with Crippen molar-refractivity contribution < 1.29 is 19.1 Å². The largest absolute Gasteiger partial charge is 0.539 e. The normalized spacial score (nSPS) is 11.2. The monoisotopic (exact) mass is 304 g/mol.